The molecule has 2 rings (SSSR count). The second kappa shape index (κ2) is 8.23. The van der Waals surface area contributed by atoms with Crippen LogP contribution in [0.15, 0.2) is 0 Å². The monoisotopic (exact) mass is 246 g/mol. The fourth-order valence-electron chi connectivity index (χ4n) is 0.791. The van der Waals surface area contributed by atoms with E-state index in [-0.39, 0.29) is 19.5 Å². The van der Waals surface area contributed by atoms with E-state index in [1.54, 1.807) is 0 Å². The van der Waals surface area contributed by atoms with Crippen molar-refractivity contribution in [3.8, 4) is 0 Å². The van der Waals surface area contributed by atoms with Crippen LogP contribution in [-0.4, -0.2) is 0 Å². The maximum atomic E-state index is 2.08. The molecule has 2 fully saturated rings. The molecule has 0 aromatic rings. The number of hydrogen-bond donors (Lipinski definition) is 0. The molecular weight excluding hydrogens is 233 g/mol. The first-order valence-corrected chi connectivity index (χ1v) is 3.74. The van der Waals surface area contributed by atoms with E-state index in [1.807, 2.05) is 44.9 Å². The van der Waals surface area contributed by atoms with E-state index in [2.05, 4.69) is 19.8 Å². The SMILES string of the molecule is C[C]1[CH][CH][CH][CH]1.[CH]1[CH][CH][CH][CH]1.[Ru]. The normalized spacial score (nSPS) is 22.8. The van der Waals surface area contributed by atoms with Crippen molar-refractivity contribution >= 4 is 0 Å². The first kappa shape index (κ1) is 12.6. The predicted octanol–water partition coefficient (Wildman–Crippen LogP) is 2.43. The molecule has 64 valence electrons. The van der Waals surface area contributed by atoms with Crippen molar-refractivity contribution < 1.29 is 19.5 Å². The Morgan fingerprint density at radius 1 is 0.667 bits per heavy atom. The van der Waals surface area contributed by atoms with E-state index in [1.165, 1.54) is 5.92 Å². The van der Waals surface area contributed by atoms with Crippen molar-refractivity contribution in [3.63, 3.8) is 0 Å². The summed E-state index contributed by atoms with van der Waals surface area (Å²) < 4.78 is 0. The van der Waals surface area contributed by atoms with Crippen LogP contribution in [0, 0.1) is 63.7 Å². The first-order chi connectivity index (χ1) is 5.39. The third-order valence-corrected chi connectivity index (χ3v) is 1.38. The van der Waals surface area contributed by atoms with Gasteiger partial charge in [0.05, 0.1) is 0 Å². The van der Waals surface area contributed by atoms with Crippen LogP contribution in [0.3, 0.4) is 0 Å². The average molecular weight is 245 g/mol. The molecule has 0 aromatic carbocycles. The van der Waals surface area contributed by atoms with E-state index in [0.717, 1.165) is 0 Å². The van der Waals surface area contributed by atoms with Crippen LogP contribution in [-0.2, 0) is 19.5 Å². The molecule has 2 aliphatic carbocycles. The van der Waals surface area contributed by atoms with Gasteiger partial charge in [-0.1, -0.05) is 6.92 Å². The van der Waals surface area contributed by atoms with E-state index in [0.29, 0.717) is 0 Å². The summed E-state index contributed by atoms with van der Waals surface area (Å²) in [5.41, 5.74) is 0. The zero-order valence-corrected chi connectivity index (χ0v) is 8.79. The molecule has 0 heterocycles. The molecule has 0 N–H and O–H groups in total. The first-order valence-electron chi connectivity index (χ1n) is 3.74. The second-order valence-corrected chi connectivity index (χ2v) is 2.42. The van der Waals surface area contributed by atoms with Crippen LogP contribution in [0.4, 0.5) is 0 Å². The molecule has 2 saturated carbocycles. The van der Waals surface area contributed by atoms with Crippen molar-refractivity contribution in [2.24, 2.45) is 0 Å². The average Bonchev–Trinajstić information content (AvgIpc) is 2.57. The van der Waals surface area contributed by atoms with Crippen molar-refractivity contribution in [2.45, 2.75) is 6.92 Å². The van der Waals surface area contributed by atoms with E-state index in [4.69, 9.17) is 0 Å². The number of rotatable bonds is 0. The molecule has 0 amide bonds. The fraction of sp³-hybridized carbons (Fsp3) is 0.0909. The standard InChI is InChI=1S/C6H7.C5H5.Ru/c1-6-4-2-3-5-6;1-2-4-5-3-1;/h2-5H,1H3;1-5H;. The molecule has 0 unspecified atom stereocenters. The molecule has 10 radical (unpaired) electrons. The summed E-state index contributed by atoms with van der Waals surface area (Å²) in [4.78, 5) is 0. The summed E-state index contributed by atoms with van der Waals surface area (Å²) in [5.74, 6) is 1.34. The Labute approximate surface area is 90.3 Å². The molecule has 0 saturated heterocycles. The number of hydrogen-bond acceptors (Lipinski definition) is 0. The van der Waals surface area contributed by atoms with Crippen LogP contribution in [0.25, 0.3) is 0 Å². The fourth-order valence-corrected chi connectivity index (χ4v) is 0.791. The third kappa shape index (κ3) is 6.17. The van der Waals surface area contributed by atoms with Crippen molar-refractivity contribution in [1.82, 2.24) is 0 Å². The van der Waals surface area contributed by atoms with E-state index < -0.39 is 0 Å². The van der Waals surface area contributed by atoms with Gasteiger partial charge in [0.2, 0.25) is 0 Å². The predicted molar refractivity (Wildman–Crippen MR) is 47.6 cm³/mol. The van der Waals surface area contributed by atoms with Crippen LogP contribution < -0.4 is 0 Å². The van der Waals surface area contributed by atoms with Crippen LogP contribution in [0.2, 0.25) is 0 Å². The minimum atomic E-state index is 0. The largest absolute Gasteiger partial charge is 0.0585 e. The van der Waals surface area contributed by atoms with Crippen molar-refractivity contribution in [2.75, 3.05) is 0 Å². The van der Waals surface area contributed by atoms with Gasteiger partial charge < -0.3 is 0 Å². The second-order valence-electron chi connectivity index (χ2n) is 2.42. The molecule has 0 bridgehead atoms. The maximum absolute atomic E-state index is 2.08. The molecular formula is C11H12Ru. The summed E-state index contributed by atoms with van der Waals surface area (Å²) >= 11 is 0. The Balaban J connectivity index is 0.000000189. The van der Waals surface area contributed by atoms with Gasteiger partial charge >= 0.3 is 0 Å². The van der Waals surface area contributed by atoms with Crippen molar-refractivity contribution in [1.29, 1.82) is 0 Å². The molecule has 0 aliphatic heterocycles. The van der Waals surface area contributed by atoms with E-state index >= 15 is 0 Å². The Morgan fingerprint density at radius 2 is 1.00 bits per heavy atom. The molecule has 0 atom stereocenters. The Morgan fingerprint density at radius 3 is 1.17 bits per heavy atom. The van der Waals surface area contributed by atoms with Gasteiger partial charge in [-0.05, 0) is 63.7 Å². The van der Waals surface area contributed by atoms with Crippen molar-refractivity contribution in [3.05, 3.63) is 63.7 Å². The maximum Gasteiger partial charge on any atom is 0 e. The summed E-state index contributed by atoms with van der Waals surface area (Å²) in [6.45, 7) is 2.08. The van der Waals surface area contributed by atoms with Crippen LogP contribution in [0.5, 0.6) is 0 Å². The van der Waals surface area contributed by atoms with Crippen LogP contribution in [0.1, 0.15) is 6.92 Å². The van der Waals surface area contributed by atoms with Gasteiger partial charge in [0.15, 0.2) is 0 Å². The molecule has 0 spiro atoms. The molecule has 12 heavy (non-hydrogen) atoms. The van der Waals surface area contributed by atoms with Gasteiger partial charge in [-0.15, -0.1) is 0 Å². The van der Waals surface area contributed by atoms with Gasteiger partial charge in [0.25, 0.3) is 0 Å². The third-order valence-electron chi connectivity index (χ3n) is 1.38. The minimum Gasteiger partial charge on any atom is -0.0585 e. The van der Waals surface area contributed by atoms with E-state index in [9.17, 15) is 0 Å². The molecule has 0 aromatic heterocycles. The Kier molecular flexibility index (Phi) is 8.66. The summed E-state index contributed by atoms with van der Waals surface area (Å²) in [6, 6.07) is 0. The topological polar surface area (TPSA) is 0 Å². The summed E-state index contributed by atoms with van der Waals surface area (Å²) in [5, 5.41) is 0. The van der Waals surface area contributed by atoms with Gasteiger partial charge in [-0.25, -0.2) is 0 Å². The van der Waals surface area contributed by atoms with Gasteiger partial charge in [0, 0.05) is 19.5 Å². The quantitative estimate of drug-likeness (QED) is 0.575. The Bertz CT molecular complexity index is 73.4. The zero-order valence-electron chi connectivity index (χ0n) is 7.05. The minimum absolute atomic E-state index is 0. The van der Waals surface area contributed by atoms with Gasteiger partial charge in [-0.3, -0.25) is 0 Å². The molecule has 2 aliphatic rings. The Hall–Kier alpha value is 0.623. The van der Waals surface area contributed by atoms with Crippen LogP contribution >= 0.6 is 0 Å². The summed E-state index contributed by atoms with van der Waals surface area (Å²) in [6.07, 6.45) is 18.2. The zero-order chi connectivity index (χ0) is 7.94. The molecule has 0 nitrogen and oxygen atoms in total. The van der Waals surface area contributed by atoms with Gasteiger partial charge in [0.1, 0.15) is 0 Å². The van der Waals surface area contributed by atoms with Gasteiger partial charge in [-0.2, -0.15) is 0 Å². The summed E-state index contributed by atoms with van der Waals surface area (Å²) in [7, 11) is 0. The molecule has 1 heteroatoms. The smallest absolute Gasteiger partial charge is 0 e.